The van der Waals surface area contributed by atoms with E-state index in [9.17, 15) is 34.2 Å². The lowest BCUT2D eigenvalue weighted by atomic mass is 9.83. The molecule has 8 N–H and O–H groups in total. The van der Waals surface area contributed by atoms with Crippen LogP contribution in [0.15, 0.2) is 273 Å². The average Bonchev–Trinajstić information content (AvgIpc) is 1.36. The van der Waals surface area contributed by atoms with Gasteiger partial charge in [0.1, 0.15) is 86.8 Å². The second-order valence-electron chi connectivity index (χ2n) is 33.8. The maximum absolute atomic E-state index is 14.9. The molecule has 26 nitrogen and oxygen atoms in total. The van der Waals surface area contributed by atoms with Gasteiger partial charge >= 0.3 is 24.4 Å². The molecule has 0 bridgehead atoms. The molecule has 1 aliphatic carbocycles. The van der Waals surface area contributed by atoms with Crippen LogP contribution in [0.4, 0.5) is 19.2 Å². The quantitative estimate of drug-likeness (QED) is 0.0196. The van der Waals surface area contributed by atoms with Crippen molar-refractivity contribution < 1.29 is 100 Å². The summed E-state index contributed by atoms with van der Waals surface area (Å²) in [5, 5.41) is 36.5. The summed E-state index contributed by atoms with van der Waals surface area (Å²) in [6, 6.07) is 79.9. The summed E-state index contributed by atoms with van der Waals surface area (Å²) in [5.41, 5.74) is 10.8. The third-order valence-corrected chi connectivity index (χ3v) is 33.9. The van der Waals surface area contributed by atoms with Crippen LogP contribution >= 0.6 is 0 Å². The molecule has 9 aromatic carbocycles. The first kappa shape index (κ1) is 85.5. The number of ether oxygens (including phenoxy) is 13. The summed E-state index contributed by atoms with van der Waals surface area (Å²) < 4.78 is 96.9. The summed E-state index contributed by atoms with van der Waals surface area (Å²) in [7, 11) is -7.74. The zero-order valence-electron chi connectivity index (χ0n) is 68.5. The number of nitrogens with zero attached hydrogens (tertiary/aromatic N) is 1. The number of hydrogen-bond acceptors (Lipinski definition) is 22. The van der Waals surface area contributed by atoms with Crippen molar-refractivity contribution in [2.75, 3.05) is 19.8 Å². The lowest BCUT2D eigenvalue weighted by Gasteiger charge is -2.51. The lowest BCUT2D eigenvalue weighted by Crippen LogP contribution is -2.70. The Kier molecular flexibility index (Phi) is 26.3. The van der Waals surface area contributed by atoms with Crippen LogP contribution in [0.5, 0.6) is 0 Å². The Labute approximate surface area is 711 Å². The number of aliphatic hydroxyl groups is 2. The molecule has 6 saturated heterocycles. The lowest BCUT2D eigenvalue weighted by molar-refractivity contribution is -0.357. The van der Waals surface area contributed by atoms with Gasteiger partial charge in [-0.1, -0.05) is 308 Å². The molecule has 6 heterocycles. The second-order valence-corrected chi connectivity index (χ2v) is 42.0. The van der Waals surface area contributed by atoms with Gasteiger partial charge in [-0.15, -0.1) is 0 Å². The number of fused-ring (bicyclic) bond motifs is 3. The van der Waals surface area contributed by atoms with E-state index in [4.69, 9.17) is 71.7 Å². The number of nitrogens with one attached hydrogen (secondary N) is 3. The van der Waals surface area contributed by atoms with Crippen LogP contribution in [0.25, 0.3) is 0 Å². The number of nitrogens with two attached hydrogens (primary N) is 1. The number of carbonyl (C=O) groups is 4. The number of benzene rings is 9. The Balaban J connectivity index is 0.828. The van der Waals surface area contributed by atoms with Crippen molar-refractivity contribution in [3.05, 3.63) is 301 Å². The Morgan fingerprint density at radius 3 is 1.44 bits per heavy atom. The van der Waals surface area contributed by atoms with Crippen molar-refractivity contribution in [2.45, 2.75) is 200 Å². The monoisotopic (exact) mass is 1700 g/mol. The van der Waals surface area contributed by atoms with Crippen LogP contribution in [0.1, 0.15) is 87.8 Å². The van der Waals surface area contributed by atoms with Gasteiger partial charge in [0, 0.05) is 23.1 Å². The predicted molar refractivity (Wildman–Crippen MR) is 453 cm³/mol. The van der Waals surface area contributed by atoms with E-state index >= 15 is 0 Å². The third-order valence-electron chi connectivity index (χ3n) is 24.4. The third kappa shape index (κ3) is 18.3. The van der Waals surface area contributed by atoms with Gasteiger partial charge < -0.3 is 103 Å². The fourth-order valence-electron chi connectivity index (χ4n) is 18.4. The molecule has 9 aromatic rings. The van der Waals surface area contributed by atoms with Gasteiger partial charge in [0.2, 0.25) is 0 Å². The van der Waals surface area contributed by atoms with E-state index in [0.29, 0.717) is 32.6 Å². The zero-order chi connectivity index (χ0) is 84.7. The maximum Gasteiger partial charge on any atom is 0.412 e. The smallest absolute Gasteiger partial charge is 0.412 e. The highest BCUT2D eigenvalue weighted by atomic mass is 28.4. The van der Waals surface area contributed by atoms with Crippen LogP contribution in [-0.2, 0) is 85.8 Å². The van der Waals surface area contributed by atoms with Gasteiger partial charge in [-0.05, 0) is 60.4 Å². The summed E-state index contributed by atoms with van der Waals surface area (Å²) in [6.45, 7) is 9.44. The number of carbonyl (C=O) groups excluding carboxylic acids is 4. The summed E-state index contributed by atoms with van der Waals surface area (Å²) >= 11 is 0. The van der Waals surface area contributed by atoms with Crippen molar-refractivity contribution in [3.63, 3.8) is 0 Å². The van der Waals surface area contributed by atoms with Gasteiger partial charge in [0.25, 0.3) is 16.6 Å². The van der Waals surface area contributed by atoms with Gasteiger partial charge in [0.05, 0.1) is 31.9 Å². The highest BCUT2D eigenvalue weighted by Crippen LogP contribution is 2.51. The molecular formula is C94H105N5O21Si2. The zero-order valence-corrected chi connectivity index (χ0v) is 70.5. The molecule has 16 rings (SSSR count). The summed E-state index contributed by atoms with van der Waals surface area (Å²) in [5.74, 6) is -1.12. The molecule has 7 aliphatic rings. The minimum atomic E-state index is -4.14. The van der Waals surface area contributed by atoms with Crippen LogP contribution in [0.2, 0.25) is 10.1 Å². The molecule has 1 saturated carbocycles. The van der Waals surface area contributed by atoms with E-state index in [1.54, 1.807) is 36.4 Å². The van der Waals surface area contributed by atoms with Gasteiger partial charge in [-0.2, -0.15) is 0 Å². The van der Waals surface area contributed by atoms with Crippen LogP contribution < -0.4 is 42.4 Å². The Morgan fingerprint density at radius 1 is 0.508 bits per heavy atom. The van der Waals surface area contributed by atoms with Crippen molar-refractivity contribution in [2.24, 2.45) is 11.7 Å². The molecular weight excluding hydrogens is 1590 g/mol. The molecule has 21 atom stereocenters. The van der Waals surface area contributed by atoms with Crippen LogP contribution in [-0.4, -0.2) is 191 Å². The number of amides is 4. The largest absolute Gasteiger partial charge is 0.445 e. The molecule has 0 spiro atoms. The Bertz CT molecular complexity index is 4840. The van der Waals surface area contributed by atoms with Gasteiger partial charge in [-0.25, -0.2) is 19.2 Å². The summed E-state index contributed by atoms with van der Waals surface area (Å²) in [4.78, 5) is 74.1. The number of alkyl carbamates (subject to hydrolysis) is 3. The minimum Gasteiger partial charge on any atom is -0.445 e. The normalized spacial score (nSPS) is 29.0. The number of aliphatic hydroxyl groups excluding tert-OH is 2. The number of rotatable bonds is 26. The fourth-order valence-corrected chi connectivity index (χ4v) is 26.7. The SMILES string of the molecule is CC(C)(C[C@H]1[C@H](O[C@@H]2[C@H]3OC(=O)N[C@@H]3C[C@H](N)[C@H]2O[C@H]2O[C@@H]3COC(c4ccccc4)O[C@H]3[C@H](O)[C@H]2NC(=O)OCc2ccccc2)O[C@H](CO[Si](c2ccccc2)(c2ccccc2)C(C)(C)C)[C@H]1O[C@H]1O[C@H]2CN(C(=O)OCc3ccccc3)C(c3ccccc3)O[C@H]2[C@H](O)[C@H]1NC(=O)OCc1ccccc1)[Si](O)(c1ccccc1)c1ccccc1. The fraction of sp³-hybridized carbons (Fsp3) is 0.383. The molecule has 6 aliphatic heterocycles. The van der Waals surface area contributed by atoms with Crippen molar-refractivity contribution in [1.82, 2.24) is 20.9 Å². The topological polar surface area (TPSA) is 324 Å². The van der Waals surface area contributed by atoms with Crippen molar-refractivity contribution in [3.8, 4) is 0 Å². The first-order valence-electron chi connectivity index (χ1n) is 41.6. The molecule has 640 valence electrons. The minimum absolute atomic E-state index is 0.0233. The maximum atomic E-state index is 14.9. The van der Waals surface area contributed by atoms with E-state index in [0.717, 1.165) is 15.9 Å². The van der Waals surface area contributed by atoms with E-state index in [2.05, 4.69) is 61.0 Å². The van der Waals surface area contributed by atoms with E-state index in [1.807, 2.05) is 226 Å². The standard InChI is InChI=1S/C94H105N5O21Si2/c1-93(2,3)122(66-47-29-13-30-48-66,67-49-31-14-32-50-67)111-58-73-78(116-87-74(97-89(102)108-54-59-33-15-6-16-34-59)76(100)81-71(112-87)53-99(84(115-81)62-39-21-9-22-40-62)92(105)110-56-61-37-19-8-20-38-61)68(52-94(4,5)121(106,64-43-25-11-26-44-64)65-45-27-12-28-46-65)86(113-73)119-83-79(69(95)51-70-80(83)120-91(104)96-70)117-88-75(98-90(103)109-55-60-35-17-7-18-36-60)77(101)82-72(114-88)57-107-85(118-82)63-41-23-10-24-42-63/h6-50,68-88,100-101,106H,51-58,95H2,1-5H3,(H,96,104)(H,97,102)(H,98,103)/t68-,69+,70-,71+,72-,73-,74-,75-,76-,77-,78+,79-,80+,81-,82-,83+,84?,85?,86+,87-,88-/m1/s1. The number of hydrogen-bond donors (Lipinski definition) is 7. The van der Waals surface area contributed by atoms with E-state index < -0.39 is 180 Å². The van der Waals surface area contributed by atoms with Gasteiger partial charge in [0.15, 0.2) is 37.5 Å². The molecule has 0 radical (unpaired) electrons. The first-order valence-corrected chi connectivity index (χ1v) is 45.5. The summed E-state index contributed by atoms with van der Waals surface area (Å²) in [6.07, 6.45) is -24.8. The molecule has 0 aromatic heterocycles. The van der Waals surface area contributed by atoms with Crippen molar-refractivity contribution in [1.29, 1.82) is 0 Å². The average molecular weight is 1700 g/mol. The predicted octanol–water partition coefficient (Wildman–Crippen LogP) is 9.80. The highest BCUT2D eigenvalue weighted by Gasteiger charge is 2.63. The Morgan fingerprint density at radius 2 is 0.943 bits per heavy atom. The highest BCUT2D eigenvalue weighted by molar-refractivity contribution is 6.99. The van der Waals surface area contributed by atoms with Crippen LogP contribution in [0, 0.1) is 5.92 Å². The van der Waals surface area contributed by atoms with Crippen LogP contribution in [0.3, 0.4) is 0 Å². The molecule has 4 amide bonds. The van der Waals surface area contributed by atoms with Crippen molar-refractivity contribution >= 4 is 61.8 Å². The molecule has 28 heteroatoms. The Hall–Kier alpha value is -10.1. The van der Waals surface area contributed by atoms with E-state index in [1.165, 1.54) is 4.90 Å². The molecule has 122 heavy (non-hydrogen) atoms. The first-order chi connectivity index (χ1) is 59.1. The second kappa shape index (κ2) is 37.6. The molecule has 7 fully saturated rings. The van der Waals surface area contributed by atoms with Gasteiger partial charge in [-0.3, -0.25) is 4.90 Å². The van der Waals surface area contributed by atoms with E-state index in [-0.39, 0.29) is 52.4 Å². The molecule has 2 unspecified atom stereocenters.